The molecule has 0 atom stereocenters. The molecule has 1 heterocycles. The molecule has 0 saturated heterocycles. The molecule has 65 heavy (non-hydrogen) atoms. The van der Waals surface area contributed by atoms with Gasteiger partial charge in [-0.3, -0.25) is 0 Å². The topological polar surface area (TPSA) is 16.4 Å². The molecule has 2 aliphatic carbocycles. The molecule has 0 spiro atoms. The Kier molecular flexibility index (Phi) is 8.29. The third-order valence-corrected chi connectivity index (χ3v) is 14.4. The number of benzene rings is 10. The van der Waals surface area contributed by atoms with Crippen LogP contribution in [0, 0.1) is 0 Å². The van der Waals surface area contributed by atoms with Gasteiger partial charge in [0.15, 0.2) is 0 Å². The van der Waals surface area contributed by atoms with Crippen molar-refractivity contribution in [2.24, 2.45) is 0 Å². The third-order valence-electron chi connectivity index (χ3n) is 14.4. The first kappa shape index (κ1) is 37.4. The van der Waals surface area contributed by atoms with E-state index in [1.807, 2.05) is 0 Å². The molecule has 2 aliphatic rings. The summed E-state index contributed by atoms with van der Waals surface area (Å²) >= 11 is 0. The Morgan fingerprint density at radius 2 is 0.815 bits per heavy atom. The number of nitrogens with zero attached hydrogens (tertiary/aromatic N) is 1. The lowest BCUT2D eigenvalue weighted by Crippen LogP contribution is -2.28. The van der Waals surface area contributed by atoms with Crippen LogP contribution in [0.2, 0.25) is 0 Å². The smallest absolute Gasteiger partial charge is 0.139 e. The Bertz CT molecular complexity index is 3520. The van der Waals surface area contributed by atoms with Crippen LogP contribution in [0.25, 0.3) is 55.3 Å². The van der Waals surface area contributed by atoms with Crippen LogP contribution in [0.4, 0.5) is 17.1 Å². The maximum Gasteiger partial charge on any atom is 0.139 e. The number of fused-ring (bicyclic) bond motifs is 9. The van der Waals surface area contributed by atoms with E-state index in [-0.39, 0.29) is 5.41 Å². The first-order chi connectivity index (χ1) is 32.1. The van der Waals surface area contributed by atoms with E-state index in [0.717, 1.165) is 39.0 Å². The maximum atomic E-state index is 7.17. The van der Waals surface area contributed by atoms with E-state index < -0.39 is 5.41 Å². The Morgan fingerprint density at radius 3 is 1.46 bits per heavy atom. The minimum Gasteiger partial charge on any atom is -0.456 e. The molecule has 2 heteroatoms. The number of para-hydroxylation sites is 1. The van der Waals surface area contributed by atoms with Gasteiger partial charge in [-0.25, -0.2) is 0 Å². The molecule has 2 nitrogen and oxygen atoms in total. The van der Waals surface area contributed by atoms with Gasteiger partial charge >= 0.3 is 0 Å². The highest BCUT2D eigenvalue weighted by Crippen LogP contribution is 2.58. The Balaban J connectivity index is 1.02. The van der Waals surface area contributed by atoms with Crippen LogP contribution < -0.4 is 4.90 Å². The summed E-state index contributed by atoms with van der Waals surface area (Å²) in [6.07, 6.45) is 0. The zero-order chi connectivity index (χ0) is 43.1. The highest BCUT2D eigenvalue weighted by molar-refractivity contribution is 6.08. The molecule has 0 unspecified atom stereocenters. The predicted octanol–water partition coefficient (Wildman–Crippen LogP) is 16.4. The van der Waals surface area contributed by atoms with Crippen LogP contribution >= 0.6 is 0 Å². The second-order valence-electron chi connectivity index (χ2n) is 17.7. The van der Waals surface area contributed by atoms with E-state index in [2.05, 4.69) is 254 Å². The van der Waals surface area contributed by atoms with E-state index >= 15 is 0 Å². The van der Waals surface area contributed by atoms with Crippen molar-refractivity contribution in [1.82, 2.24) is 0 Å². The van der Waals surface area contributed by atoms with Gasteiger partial charge in [-0.05, 0) is 110 Å². The van der Waals surface area contributed by atoms with Crippen molar-refractivity contribution in [3.8, 4) is 33.4 Å². The van der Waals surface area contributed by atoms with E-state index in [0.29, 0.717) is 0 Å². The van der Waals surface area contributed by atoms with Crippen LogP contribution in [0.15, 0.2) is 247 Å². The number of anilines is 3. The molecule has 0 aliphatic heterocycles. The third kappa shape index (κ3) is 5.41. The van der Waals surface area contributed by atoms with Crippen LogP contribution in [0.5, 0.6) is 0 Å². The van der Waals surface area contributed by atoms with Crippen LogP contribution in [0.3, 0.4) is 0 Å². The Morgan fingerprint density at radius 1 is 0.338 bits per heavy atom. The van der Waals surface area contributed by atoms with Gasteiger partial charge in [-0.1, -0.05) is 200 Å². The quantitative estimate of drug-likeness (QED) is 0.159. The summed E-state index contributed by atoms with van der Waals surface area (Å²) in [6, 6.07) is 88.9. The van der Waals surface area contributed by atoms with Gasteiger partial charge in [0.05, 0.1) is 5.41 Å². The van der Waals surface area contributed by atoms with Crippen molar-refractivity contribution in [3.63, 3.8) is 0 Å². The molecule has 0 radical (unpaired) electrons. The summed E-state index contributed by atoms with van der Waals surface area (Å²) in [5.41, 5.74) is 20.3. The number of hydrogen-bond acceptors (Lipinski definition) is 2. The molecule has 1 aromatic heterocycles. The zero-order valence-corrected chi connectivity index (χ0v) is 35.9. The van der Waals surface area contributed by atoms with Gasteiger partial charge in [-0.2, -0.15) is 0 Å². The molecule has 0 N–H and O–H groups in total. The van der Waals surface area contributed by atoms with Crippen molar-refractivity contribution >= 4 is 39.0 Å². The fourth-order valence-electron chi connectivity index (χ4n) is 11.5. The minimum absolute atomic E-state index is 0.387. The molecular weight excluding hydrogens is 787 g/mol. The number of hydrogen-bond donors (Lipinski definition) is 0. The Labute approximate surface area is 379 Å². The van der Waals surface area contributed by atoms with Crippen LogP contribution in [0.1, 0.15) is 45.9 Å². The minimum atomic E-state index is -0.528. The monoisotopic (exact) mass is 829 g/mol. The fraction of sp³-hybridized carbons (Fsp3) is 0.0476. The van der Waals surface area contributed by atoms with Gasteiger partial charge in [0.2, 0.25) is 0 Å². The normalized spacial score (nSPS) is 13.9. The van der Waals surface area contributed by atoms with E-state index in [9.17, 15) is 0 Å². The summed E-state index contributed by atoms with van der Waals surface area (Å²) < 4.78 is 7.17. The zero-order valence-electron chi connectivity index (χ0n) is 35.9. The van der Waals surface area contributed by atoms with Gasteiger partial charge in [-0.15, -0.1) is 0 Å². The van der Waals surface area contributed by atoms with Gasteiger partial charge in [0, 0.05) is 44.9 Å². The van der Waals surface area contributed by atoms with Gasteiger partial charge < -0.3 is 9.32 Å². The van der Waals surface area contributed by atoms with Crippen LogP contribution in [-0.4, -0.2) is 0 Å². The first-order valence-electron chi connectivity index (χ1n) is 22.6. The maximum absolute atomic E-state index is 7.17. The largest absolute Gasteiger partial charge is 0.456 e. The molecule has 13 rings (SSSR count). The number of rotatable bonds is 7. The molecule has 11 aromatic rings. The van der Waals surface area contributed by atoms with Crippen molar-refractivity contribution < 1.29 is 4.42 Å². The summed E-state index contributed by atoms with van der Waals surface area (Å²) in [5, 5.41) is 2.22. The summed E-state index contributed by atoms with van der Waals surface area (Å²) in [5.74, 6) is 0. The van der Waals surface area contributed by atoms with Gasteiger partial charge in [0.25, 0.3) is 0 Å². The Hall–Kier alpha value is -8.20. The van der Waals surface area contributed by atoms with Crippen molar-refractivity contribution in [1.29, 1.82) is 0 Å². The summed E-state index contributed by atoms with van der Waals surface area (Å²) in [4.78, 5) is 2.40. The van der Waals surface area contributed by atoms with E-state index in [1.54, 1.807) is 0 Å². The molecule has 10 aromatic carbocycles. The second kappa shape index (κ2) is 14.4. The van der Waals surface area contributed by atoms with Crippen LogP contribution in [-0.2, 0) is 10.8 Å². The lowest BCUT2D eigenvalue weighted by atomic mass is 9.67. The second-order valence-corrected chi connectivity index (χ2v) is 17.7. The van der Waals surface area contributed by atoms with Crippen molar-refractivity contribution in [3.05, 3.63) is 282 Å². The molecule has 0 bridgehead atoms. The number of furan rings is 1. The lowest BCUT2D eigenvalue weighted by Gasteiger charge is -2.35. The fourth-order valence-corrected chi connectivity index (χ4v) is 11.5. The van der Waals surface area contributed by atoms with Crippen molar-refractivity contribution in [2.45, 2.75) is 17.8 Å². The SMILES string of the molecule is CC1(c2cccc3c2oc2cc(N(c4ccc(-c5ccccc5)cc4)c4ccc5c(c4)C(c4ccccc4)(c4ccccc4)c4ccccc4-5)ccc23)c2ccccc2-c2ccccc21. The molecule has 0 saturated carbocycles. The van der Waals surface area contributed by atoms with Crippen molar-refractivity contribution in [2.75, 3.05) is 4.90 Å². The van der Waals surface area contributed by atoms with E-state index in [4.69, 9.17) is 4.42 Å². The first-order valence-corrected chi connectivity index (χ1v) is 22.6. The molecule has 0 amide bonds. The molecule has 0 fully saturated rings. The average molecular weight is 830 g/mol. The standard InChI is InChI=1S/C63H43NO/c1-62(55-28-14-11-24-49(55)50-25-12-15-29-56(50)62)58-31-17-27-54-53-39-37-48(41-60(53)65-61(54)58)64(46-34-32-43(33-35-46)42-18-5-2-6-19-42)47-36-38-52-51-26-13-16-30-57(51)63(59(52)40-47,44-20-7-3-8-21-44)45-22-9-4-10-23-45/h2-41H,1H3. The highest BCUT2D eigenvalue weighted by Gasteiger charge is 2.46. The van der Waals surface area contributed by atoms with E-state index in [1.165, 1.54) is 72.3 Å². The lowest BCUT2D eigenvalue weighted by molar-refractivity contribution is 0.638. The summed E-state index contributed by atoms with van der Waals surface area (Å²) in [7, 11) is 0. The predicted molar refractivity (Wildman–Crippen MR) is 269 cm³/mol. The summed E-state index contributed by atoms with van der Waals surface area (Å²) in [6.45, 7) is 2.36. The molecular formula is C63H43NO. The van der Waals surface area contributed by atoms with Gasteiger partial charge in [0.1, 0.15) is 11.2 Å². The highest BCUT2D eigenvalue weighted by atomic mass is 16.3. The average Bonchev–Trinajstić information content (AvgIpc) is 3.99. The molecule has 306 valence electrons.